The second kappa shape index (κ2) is 32.7. The van der Waals surface area contributed by atoms with Crippen LogP contribution in [-0.2, 0) is 40.1 Å². The first-order valence-corrected chi connectivity index (χ1v) is 19.9. The molecule has 0 bridgehead atoms. The molecular weight excluding hydrogens is 736 g/mol. The predicted molar refractivity (Wildman–Crippen MR) is 221 cm³/mol. The van der Waals surface area contributed by atoms with E-state index in [4.69, 9.17) is 10.5 Å². The molecule has 6 N–H and O–H groups in total. The molecule has 17 heteroatoms. The number of urea groups is 1. The molecule has 0 fully saturated rings. The van der Waals surface area contributed by atoms with Crippen molar-refractivity contribution in [2.45, 2.75) is 112 Å². The van der Waals surface area contributed by atoms with Gasteiger partial charge in [-0.15, -0.1) is 0 Å². The third kappa shape index (κ3) is 24.6. The first-order chi connectivity index (χ1) is 27.2. The van der Waals surface area contributed by atoms with Gasteiger partial charge in [0, 0.05) is 71.0 Å². The maximum atomic E-state index is 13.1. The van der Waals surface area contributed by atoms with Crippen molar-refractivity contribution in [2.24, 2.45) is 5.73 Å². The van der Waals surface area contributed by atoms with Gasteiger partial charge in [-0.2, -0.15) is 0 Å². The Morgan fingerprint density at radius 3 is 1.93 bits per heavy atom. The van der Waals surface area contributed by atoms with Crippen LogP contribution in [0.5, 0.6) is 0 Å². The zero-order valence-corrected chi connectivity index (χ0v) is 35.5. The van der Waals surface area contributed by atoms with Crippen molar-refractivity contribution in [1.29, 1.82) is 0 Å². The topological polar surface area (TPSA) is 230 Å². The summed E-state index contributed by atoms with van der Waals surface area (Å²) in [6.45, 7) is 14.8. The van der Waals surface area contributed by atoms with Gasteiger partial charge in [-0.25, -0.2) is 9.59 Å². The van der Waals surface area contributed by atoms with Gasteiger partial charge in [-0.05, 0) is 43.4 Å². The molecule has 2 rings (SSSR count). The molecule has 1 aromatic rings. The number of primary amides is 1. The van der Waals surface area contributed by atoms with E-state index in [9.17, 15) is 38.4 Å². The standard InChI is InChI=1S/C33H48N8O9.C3H8.2C2H6/c1-4-28(44)39(2)19-20-40(3)33(49)50-22-23-11-13-24(14-12-23)37-31(47)25(9-8-17-35-32(34)48)38-27(43)21-36-26(42)10-6-5-7-18-41-29(45)15-16-30(41)46;1-3-2;2*1-2/h11-16,25H,4-10,17-22H2,1-3H3,(H,36,42)(H,37,47)(H,38,43)(H3,34,35,48);3H2,1-2H3;2*1-2H3. The molecule has 1 atom stereocenters. The quantitative estimate of drug-likeness (QED) is 0.0890. The normalized spacial score (nSPS) is 11.6. The van der Waals surface area contributed by atoms with Crippen LogP contribution >= 0.6 is 0 Å². The summed E-state index contributed by atoms with van der Waals surface area (Å²) in [7, 11) is 3.24. The Labute approximate surface area is 338 Å². The van der Waals surface area contributed by atoms with Crippen LogP contribution in [0.2, 0.25) is 0 Å². The molecule has 57 heavy (non-hydrogen) atoms. The predicted octanol–water partition coefficient (Wildman–Crippen LogP) is 4.07. The van der Waals surface area contributed by atoms with E-state index in [-0.39, 0.29) is 62.7 Å². The van der Waals surface area contributed by atoms with Crippen molar-refractivity contribution in [3.63, 3.8) is 0 Å². The molecule has 1 unspecified atom stereocenters. The number of nitrogens with one attached hydrogen (secondary N) is 4. The summed E-state index contributed by atoms with van der Waals surface area (Å²) < 4.78 is 5.34. The summed E-state index contributed by atoms with van der Waals surface area (Å²) in [6.07, 6.45) is 5.77. The number of carbonyl (C=O) groups is 8. The second-order valence-electron chi connectivity index (χ2n) is 12.3. The van der Waals surface area contributed by atoms with Crippen molar-refractivity contribution in [3.8, 4) is 0 Å². The summed E-state index contributed by atoms with van der Waals surface area (Å²) in [6, 6.07) is 4.84. The minimum absolute atomic E-state index is 0.0171. The summed E-state index contributed by atoms with van der Waals surface area (Å²) >= 11 is 0. The Hall–Kier alpha value is -5.48. The van der Waals surface area contributed by atoms with Gasteiger partial charge in [0.15, 0.2) is 0 Å². The summed E-state index contributed by atoms with van der Waals surface area (Å²) in [5.74, 6) is -2.21. The third-order valence-electron chi connectivity index (χ3n) is 7.65. The number of carbonyl (C=O) groups excluding carboxylic acids is 8. The largest absolute Gasteiger partial charge is 0.445 e. The molecular formula is C40H68N8O9. The minimum Gasteiger partial charge on any atom is -0.445 e. The van der Waals surface area contributed by atoms with Gasteiger partial charge in [0.1, 0.15) is 12.6 Å². The van der Waals surface area contributed by atoms with E-state index in [1.54, 1.807) is 50.2 Å². The van der Waals surface area contributed by atoms with Crippen LogP contribution in [0.3, 0.4) is 0 Å². The van der Waals surface area contributed by atoms with Crippen LogP contribution < -0.4 is 27.0 Å². The van der Waals surface area contributed by atoms with E-state index in [2.05, 4.69) is 35.1 Å². The first-order valence-electron chi connectivity index (χ1n) is 19.9. The SMILES string of the molecule is CC.CC.CCC.CCC(=O)N(C)CCN(C)C(=O)OCc1ccc(NC(=O)C(CCCNC(N)=O)NC(=O)CNC(=O)CCCCCN2C(=O)C=CC2=O)cc1. The number of ether oxygens (including phenoxy) is 1. The van der Waals surface area contributed by atoms with E-state index in [0.29, 0.717) is 56.4 Å². The molecule has 1 aliphatic heterocycles. The van der Waals surface area contributed by atoms with Crippen LogP contribution in [0.1, 0.15) is 105 Å². The van der Waals surface area contributed by atoms with Crippen molar-refractivity contribution in [2.75, 3.05) is 52.1 Å². The van der Waals surface area contributed by atoms with Crippen molar-refractivity contribution < 1.29 is 43.1 Å². The second-order valence-corrected chi connectivity index (χ2v) is 12.3. The van der Waals surface area contributed by atoms with Gasteiger partial charge >= 0.3 is 12.1 Å². The average Bonchev–Trinajstić information content (AvgIpc) is 3.53. The lowest BCUT2D eigenvalue weighted by molar-refractivity contribution is -0.137. The molecule has 1 aliphatic rings. The first kappa shape index (κ1) is 53.6. The number of hydrogen-bond donors (Lipinski definition) is 5. The molecule has 1 heterocycles. The highest BCUT2D eigenvalue weighted by molar-refractivity contribution is 6.12. The zero-order valence-electron chi connectivity index (χ0n) is 35.5. The summed E-state index contributed by atoms with van der Waals surface area (Å²) in [5, 5.41) is 10.3. The number of unbranched alkanes of at least 4 members (excludes halogenated alkanes) is 2. The molecule has 0 saturated heterocycles. The van der Waals surface area contributed by atoms with E-state index < -0.39 is 30.0 Å². The lowest BCUT2D eigenvalue weighted by atomic mass is 10.1. The summed E-state index contributed by atoms with van der Waals surface area (Å²) in [5.41, 5.74) is 6.18. The fourth-order valence-corrected chi connectivity index (χ4v) is 4.64. The van der Waals surface area contributed by atoms with Gasteiger partial charge in [-0.1, -0.05) is 73.4 Å². The van der Waals surface area contributed by atoms with Crippen LogP contribution in [-0.4, -0.2) is 115 Å². The number of amides is 9. The Balaban J connectivity index is 0. The van der Waals surface area contributed by atoms with Gasteiger partial charge in [0.2, 0.25) is 23.6 Å². The van der Waals surface area contributed by atoms with Crippen LogP contribution in [0.25, 0.3) is 0 Å². The lowest BCUT2D eigenvalue weighted by Crippen LogP contribution is -2.47. The molecule has 9 amide bonds. The molecule has 0 spiro atoms. The Morgan fingerprint density at radius 2 is 1.37 bits per heavy atom. The number of hydrogen-bond acceptors (Lipinski definition) is 9. The van der Waals surface area contributed by atoms with Crippen LogP contribution in [0, 0.1) is 0 Å². The number of rotatable bonds is 21. The Kier molecular flexibility index (Phi) is 30.8. The molecule has 17 nitrogen and oxygen atoms in total. The molecule has 0 radical (unpaired) electrons. The van der Waals surface area contributed by atoms with E-state index in [1.165, 1.54) is 23.5 Å². The van der Waals surface area contributed by atoms with Gasteiger partial charge in [0.25, 0.3) is 11.8 Å². The fraction of sp³-hybridized carbons (Fsp3) is 0.600. The highest BCUT2D eigenvalue weighted by Gasteiger charge is 2.23. The van der Waals surface area contributed by atoms with Crippen LogP contribution in [0.15, 0.2) is 36.4 Å². The number of benzene rings is 1. The fourth-order valence-electron chi connectivity index (χ4n) is 4.64. The lowest BCUT2D eigenvalue weighted by Gasteiger charge is -2.21. The van der Waals surface area contributed by atoms with Gasteiger partial charge in [0.05, 0.1) is 6.54 Å². The number of nitrogens with two attached hydrogens (primary N) is 1. The number of anilines is 1. The molecule has 0 aromatic heterocycles. The van der Waals surface area contributed by atoms with Crippen molar-refractivity contribution >= 4 is 53.3 Å². The highest BCUT2D eigenvalue weighted by Crippen LogP contribution is 2.13. The monoisotopic (exact) mass is 805 g/mol. The minimum atomic E-state index is -0.998. The van der Waals surface area contributed by atoms with Crippen molar-refractivity contribution in [1.82, 2.24) is 30.7 Å². The molecule has 1 aromatic carbocycles. The third-order valence-corrected chi connectivity index (χ3v) is 7.65. The van der Waals surface area contributed by atoms with Gasteiger partial charge in [-0.3, -0.25) is 33.7 Å². The van der Waals surface area contributed by atoms with E-state index in [1.807, 2.05) is 27.7 Å². The molecule has 0 saturated carbocycles. The highest BCUT2D eigenvalue weighted by atomic mass is 16.6. The maximum absolute atomic E-state index is 13.1. The number of likely N-dealkylation sites (N-methyl/N-ethyl adjacent to an activating group) is 2. The molecule has 0 aliphatic carbocycles. The Morgan fingerprint density at radius 1 is 0.789 bits per heavy atom. The van der Waals surface area contributed by atoms with Gasteiger partial charge < -0.3 is 41.5 Å². The molecule has 322 valence electrons. The van der Waals surface area contributed by atoms with Crippen molar-refractivity contribution in [3.05, 3.63) is 42.0 Å². The van der Waals surface area contributed by atoms with Crippen LogP contribution in [0.4, 0.5) is 15.3 Å². The summed E-state index contributed by atoms with van der Waals surface area (Å²) in [4.78, 5) is 100. The van der Waals surface area contributed by atoms with E-state index >= 15 is 0 Å². The number of nitrogens with zero attached hydrogens (tertiary/aromatic N) is 3. The zero-order chi connectivity index (χ0) is 43.8. The average molecular weight is 805 g/mol. The Bertz CT molecular complexity index is 1400. The smallest absolute Gasteiger partial charge is 0.409 e. The van der Waals surface area contributed by atoms with E-state index in [0.717, 1.165) is 4.90 Å². The number of imide groups is 1. The maximum Gasteiger partial charge on any atom is 0.409 e.